The van der Waals surface area contributed by atoms with Crippen molar-refractivity contribution in [1.29, 1.82) is 0 Å². The van der Waals surface area contributed by atoms with Gasteiger partial charge < -0.3 is 9.64 Å². The highest BCUT2D eigenvalue weighted by Crippen LogP contribution is 2.35. The summed E-state index contributed by atoms with van der Waals surface area (Å²) in [5.41, 5.74) is 2.69. The molecule has 0 atom stereocenters. The van der Waals surface area contributed by atoms with Crippen molar-refractivity contribution in [2.24, 2.45) is 5.92 Å². The molecule has 1 heterocycles. The summed E-state index contributed by atoms with van der Waals surface area (Å²) >= 11 is 6.03. The monoisotopic (exact) mass is 423 g/mol. The lowest BCUT2D eigenvalue weighted by Crippen LogP contribution is -2.32. The highest BCUT2D eigenvalue weighted by Gasteiger charge is 2.34. The molecule has 3 aromatic rings. The van der Waals surface area contributed by atoms with Crippen LogP contribution in [0, 0.1) is 12.8 Å². The van der Waals surface area contributed by atoms with E-state index < -0.39 is 0 Å². The number of halogens is 1. The Labute approximate surface area is 182 Å². The molecule has 6 heteroatoms. The Morgan fingerprint density at radius 3 is 2.50 bits per heavy atom. The second-order valence-corrected chi connectivity index (χ2v) is 8.14. The molecule has 0 bridgehead atoms. The van der Waals surface area contributed by atoms with Crippen LogP contribution in [0.15, 0.2) is 54.6 Å². The SMILES string of the molecule is CCCN(Cc1c(C)nn(-c2ccccc2)c1Oc1ccc(Cl)cc1)C(=O)C1CC1. The van der Waals surface area contributed by atoms with E-state index in [4.69, 9.17) is 21.4 Å². The van der Waals surface area contributed by atoms with Crippen LogP contribution in [0.25, 0.3) is 5.69 Å². The van der Waals surface area contributed by atoms with Gasteiger partial charge in [0, 0.05) is 17.5 Å². The molecule has 0 saturated heterocycles. The summed E-state index contributed by atoms with van der Waals surface area (Å²) in [6.07, 6.45) is 2.91. The number of nitrogens with zero attached hydrogens (tertiary/aromatic N) is 3. The van der Waals surface area contributed by atoms with Gasteiger partial charge in [0.05, 0.1) is 23.5 Å². The van der Waals surface area contributed by atoms with Crippen molar-refractivity contribution in [3.8, 4) is 17.3 Å². The number of aryl methyl sites for hydroxylation is 1. The van der Waals surface area contributed by atoms with E-state index in [1.54, 1.807) is 12.1 Å². The number of para-hydroxylation sites is 1. The van der Waals surface area contributed by atoms with E-state index in [1.807, 2.05) is 59.0 Å². The van der Waals surface area contributed by atoms with Crippen LogP contribution in [0.1, 0.15) is 37.4 Å². The molecule has 2 aromatic carbocycles. The molecular weight excluding hydrogens is 398 g/mol. The number of ether oxygens (including phenoxy) is 1. The van der Waals surface area contributed by atoms with Crippen LogP contribution in [0.3, 0.4) is 0 Å². The van der Waals surface area contributed by atoms with Crippen LogP contribution in [-0.2, 0) is 11.3 Å². The maximum absolute atomic E-state index is 12.8. The molecule has 0 aliphatic heterocycles. The van der Waals surface area contributed by atoms with Crippen molar-refractivity contribution in [2.45, 2.75) is 39.7 Å². The number of amides is 1. The van der Waals surface area contributed by atoms with Crippen molar-refractivity contribution in [1.82, 2.24) is 14.7 Å². The Hall–Kier alpha value is -2.79. The van der Waals surface area contributed by atoms with E-state index in [-0.39, 0.29) is 11.8 Å². The first-order chi connectivity index (χ1) is 14.6. The van der Waals surface area contributed by atoms with Gasteiger partial charge in [-0.1, -0.05) is 36.7 Å². The van der Waals surface area contributed by atoms with Gasteiger partial charge in [-0.2, -0.15) is 5.10 Å². The molecule has 1 aliphatic rings. The Kier molecular flexibility index (Phi) is 6.09. The van der Waals surface area contributed by atoms with Crippen molar-refractivity contribution in [3.05, 3.63) is 70.9 Å². The maximum Gasteiger partial charge on any atom is 0.227 e. The van der Waals surface area contributed by atoms with Crippen LogP contribution in [0.5, 0.6) is 11.6 Å². The van der Waals surface area contributed by atoms with Crippen LogP contribution < -0.4 is 4.74 Å². The fourth-order valence-electron chi connectivity index (χ4n) is 3.50. The highest BCUT2D eigenvalue weighted by atomic mass is 35.5. The second kappa shape index (κ2) is 8.92. The van der Waals surface area contributed by atoms with Crippen molar-refractivity contribution in [3.63, 3.8) is 0 Å². The minimum Gasteiger partial charge on any atom is -0.439 e. The molecule has 4 rings (SSSR count). The Morgan fingerprint density at radius 2 is 1.87 bits per heavy atom. The first kappa shape index (κ1) is 20.5. The lowest BCUT2D eigenvalue weighted by atomic mass is 10.2. The van der Waals surface area contributed by atoms with Crippen LogP contribution in [-0.4, -0.2) is 27.1 Å². The Bertz CT molecular complexity index is 1010. The lowest BCUT2D eigenvalue weighted by molar-refractivity contribution is -0.133. The van der Waals surface area contributed by atoms with Crippen molar-refractivity contribution < 1.29 is 9.53 Å². The van der Waals surface area contributed by atoms with Gasteiger partial charge in [-0.25, -0.2) is 4.68 Å². The van der Waals surface area contributed by atoms with Crippen LogP contribution in [0.4, 0.5) is 0 Å². The summed E-state index contributed by atoms with van der Waals surface area (Å²) in [6.45, 7) is 5.28. The molecule has 0 spiro atoms. The van der Waals surface area contributed by atoms with Gasteiger partial charge in [-0.3, -0.25) is 4.79 Å². The molecule has 0 radical (unpaired) electrons. The van der Waals surface area contributed by atoms with Gasteiger partial charge in [0.1, 0.15) is 5.75 Å². The average molecular weight is 424 g/mol. The summed E-state index contributed by atoms with van der Waals surface area (Å²) in [5, 5.41) is 5.41. The Morgan fingerprint density at radius 1 is 1.17 bits per heavy atom. The summed E-state index contributed by atoms with van der Waals surface area (Å²) in [5.74, 6) is 1.72. The first-order valence-electron chi connectivity index (χ1n) is 10.4. The number of carbonyl (C=O) groups excluding carboxylic acids is 1. The largest absolute Gasteiger partial charge is 0.439 e. The van der Waals surface area contributed by atoms with E-state index >= 15 is 0 Å². The van der Waals surface area contributed by atoms with Gasteiger partial charge in [-0.05, 0) is 62.6 Å². The van der Waals surface area contributed by atoms with E-state index in [0.29, 0.717) is 23.2 Å². The highest BCUT2D eigenvalue weighted by molar-refractivity contribution is 6.30. The predicted molar refractivity (Wildman–Crippen MR) is 118 cm³/mol. The standard InChI is InChI=1S/C24H26ClN3O2/c1-3-15-27(23(29)18-9-10-18)16-22-17(2)26-28(20-7-5-4-6-8-20)24(22)30-21-13-11-19(25)12-14-21/h4-8,11-14,18H,3,9-10,15-16H2,1-2H3. The number of hydrogen-bond donors (Lipinski definition) is 0. The number of hydrogen-bond acceptors (Lipinski definition) is 3. The van der Waals surface area contributed by atoms with Gasteiger partial charge in [0.2, 0.25) is 11.8 Å². The Balaban J connectivity index is 1.73. The number of rotatable bonds is 8. The normalized spacial score (nSPS) is 13.3. The van der Waals surface area contributed by atoms with Gasteiger partial charge >= 0.3 is 0 Å². The molecule has 1 aromatic heterocycles. The number of benzene rings is 2. The third-order valence-electron chi connectivity index (χ3n) is 5.25. The summed E-state index contributed by atoms with van der Waals surface area (Å²) in [4.78, 5) is 14.8. The quantitative estimate of drug-likeness (QED) is 0.461. The number of carbonyl (C=O) groups is 1. The molecule has 1 amide bonds. The third kappa shape index (κ3) is 4.51. The van der Waals surface area contributed by atoms with Gasteiger partial charge in [0.25, 0.3) is 0 Å². The zero-order chi connectivity index (χ0) is 21.1. The van der Waals surface area contributed by atoms with E-state index in [2.05, 4.69) is 6.92 Å². The average Bonchev–Trinajstić information content (AvgIpc) is 3.56. The maximum atomic E-state index is 12.8. The molecular formula is C24H26ClN3O2. The lowest BCUT2D eigenvalue weighted by Gasteiger charge is -2.23. The van der Waals surface area contributed by atoms with Gasteiger partial charge in [0.15, 0.2) is 0 Å². The van der Waals surface area contributed by atoms with Gasteiger partial charge in [-0.15, -0.1) is 0 Å². The van der Waals surface area contributed by atoms with E-state index in [1.165, 1.54) is 0 Å². The predicted octanol–water partition coefficient (Wildman–Crippen LogP) is 5.78. The number of aromatic nitrogens is 2. The smallest absolute Gasteiger partial charge is 0.227 e. The fraction of sp³-hybridized carbons (Fsp3) is 0.333. The second-order valence-electron chi connectivity index (χ2n) is 7.71. The summed E-state index contributed by atoms with van der Waals surface area (Å²) in [6, 6.07) is 17.2. The molecule has 0 unspecified atom stereocenters. The third-order valence-corrected chi connectivity index (χ3v) is 5.50. The van der Waals surface area contributed by atoms with Crippen molar-refractivity contribution >= 4 is 17.5 Å². The fourth-order valence-corrected chi connectivity index (χ4v) is 3.63. The van der Waals surface area contributed by atoms with E-state index in [0.717, 1.165) is 42.8 Å². The molecule has 1 fully saturated rings. The molecule has 1 saturated carbocycles. The van der Waals surface area contributed by atoms with Crippen LogP contribution in [0.2, 0.25) is 5.02 Å². The summed E-state index contributed by atoms with van der Waals surface area (Å²) < 4.78 is 8.12. The zero-order valence-corrected chi connectivity index (χ0v) is 18.1. The molecule has 0 N–H and O–H groups in total. The van der Waals surface area contributed by atoms with Crippen LogP contribution >= 0.6 is 11.6 Å². The topological polar surface area (TPSA) is 47.4 Å². The van der Waals surface area contributed by atoms with E-state index in [9.17, 15) is 4.79 Å². The minimum atomic E-state index is 0.182. The van der Waals surface area contributed by atoms with Crippen molar-refractivity contribution in [2.75, 3.05) is 6.54 Å². The first-order valence-corrected chi connectivity index (χ1v) is 10.8. The molecule has 5 nitrogen and oxygen atoms in total. The molecule has 156 valence electrons. The summed E-state index contributed by atoms with van der Waals surface area (Å²) in [7, 11) is 0. The zero-order valence-electron chi connectivity index (χ0n) is 17.3. The minimum absolute atomic E-state index is 0.182. The molecule has 30 heavy (non-hydrogen) atoms. The molecule has 1 aliphatic carbocycles.